The zero-order chi connectivity index (χ0) is 24.8. The van der Waals surface area contributed by atoms with Gasteiger partial charge in [-0.15, -0.1) is 31.0 Å². The van der Waals surface area contributed by atoms with E-state index in [1.807, 2.05) is 25.1 Å². The second-order valence-corrected chi connectivity index (χ2v) is 9.37. The second kappa shape index (κ2) is 11.3. The van der Waals surface area contributed by atoms with Crippen molar-refractivity contribution in [1.82, 2.24) is 0 Å². The van der Waals surface area contributed by atoms with Crippen LogP contribution in [0.5, 0.6) is 0 Å². The van der Waals surface area contributed by atoms with Crippen molar-refractivity contribution in [2.75, 3.05) is 11.1 Å². The number of allylic oxidation sites excluding steroid dienone is 2. The third-order valence-corrected chi connectivity index (χ3v) is 6.73. The van der Waals surface area contributed by atoms with Crippen molar-refractivity contribution in [2.24, 2.45) is 0 Å². The Balaban J connectivity index is 0.00000122. The van der Waals surface area contributed by atoms with Crippen LogP contribution in [-0.4, -0.2) is 22.4 Å². The Labute approximate surface area is 202 Å². The SMILES string of the molecule is C=CC.Cc1ccc(NC(=O)C(C)(O)CSc2ccc(S)c3c2C=CCC3)cc1C(F)(F)F. The van der Waals surface area contributed by atoms with E-state index in [-0.39, 0.29) is 17.0 Å². The lowest BCUT2D eigenvalue weighted by atomic mass is 9.97. The molecule has 0 aliphatic heterocycles. The van der Waals surface area contributed by atoms with Crippen LogP contribution in [-0.2, 0) is 17.4 Å². The summed E-state index contributed by atoms with van der Waals surface area (Å²) in [6.45, 7) is 7.95. The lowest BCUT2D eigenvalue weighted by Gasteiger charge is -2.24. The fraction of sp³-hybridized carbons (Fsp3) is 0.320. The summed E-state index contributed by atoms with van der Waals surface area (Å²) in [5, 5.41) is 13.1. The van der Waals surface area contributed by atoms with Crippen LogP contribution in [0.1, 0.15) is 42.5 Å². The number of hydrogen-bond acceptors (Lipinski definition) is 4. The highest BCUT2D eigenvalue weighted by molar-refractivity contribution is 7.99. The molecule has 8 heteroatoms. The molecule has 1 atom stereocenters. The maximum Gasteiger partial charge on any atom is 0.416 e. The fourth-order valence-electron chi connectivity index (χ4n) is 3.19. The van der Waals surface area contributed by atoms with Crippen LogP contribution >= 0.6 is 24.4 Å². The predicted octanol–water partition coefficient (Wildman–Crippen LogP) is 6.94. The first-order valence-electron chi connectivity index (χ1n) is 10.3. The topological polar surface area (TPSA) is 49.3 Å². The summed E-state index contributed by atoms with van der Waals surface area (Å²) in [7, 11) is 0. The molecule has 1 aliphatic carbocycles. The Bertz CT molecular complexity index is 1050. The molecule has 0 fully saturated rings. The normalized spacial score (nSPS) is 14.4. The zero-order valence-corrected chi connectivity index (χ0v) is 20.5. The van der Waals surface area contributed by atoms with E-state index in [0.717, 1.165) is 39.8 Å². The van der Waals surface area contributed by atoms with Crippen molar-refractivity contribution in [3.05, 3.63) is 71.3 Å². The number of rotatable bonds is 5. The summed E-state index contributed by atoms with van der Waals surface area (Å²) in [5.74, 6) is -0.717. The molecule has 2 aromatic rings. The van der Waals surface area contributed by atoms with Crippen molar-refractivity contribution < 1.29 is 23.1 Å². The molecule has 178 valence electrons. The third kappa shape index (κ3) is 7.16. The van der Waals surface area contributed by atoms with Crippen LogP contribution in [0, 0.1) is 6.92 Å². The minimum Gasteiger partial charge on any atom is -0.379 e. The van der Waals surface area contributed by atoms with Crippen molar-refractivity contribution >= 4 is 42.1 Å². The Hall–Kier alpha value is -2.16. The Morgan fingerprint density at radius 3 is 2.61 bits per heavy atom. The smallest absolute Gasteiger partial charge is 0.379 e. The first-order valence-corrected chi connectivity index (χ1v) is 11.8. The molecule has 0 radical (unpaired) electrons. The molecule has 0 bridgehead atoms. The number of fused-ring (bicyclic) bond motifs is 1. The molecule has 0 saturated carbocycles. The summed E-state index contributed by atoms with van der Waals surface area (Å²) < 4.78 is 39.3. The molecule has 2 N–H and O–H groups in total. The number of amides is 1. The van der Waals surface area contributed by atoms with E-state index in [1.165, 1.54) is 37.7 Å². The van der Waals surface area contributed by atoms with Crippen LogP contribution in [0.25, 0.3) is 6.08 Å². The summed E-state index contributed by atoms with van der Waals surface area (Å²) in [5.41, 5.74) is -0.382. The van der Waals surface area contributed by atoms with Gasteiger partial charge in [0.1, 0.15) is 5.60 Å². The molecule has 0 saturated heterocycles. The van der Waals surface area contributed by atoms with Crippen LogP contribution in [0.2, 0.25) is 0 Å². The van der Waals surface area contributed by atoms with Crippen LogP contribution in [0.15, 0.2) is 58.9 Å². The molecule has 0 spiro atoms. The molecule has 1 unspecified atom stereocenters. The maximum atomic E-state index is 13.1. The molecule has 1 aliphatic rings. The van der Waals surface area contributed by atoms with Crippen molar-refractivity contribution in [1.29, 1.82) is 0 Å². The monoisotopic (exact) mass is 495 g/mol. The predicted molar refractivity (Wildman–Crippen MR) is 133 cm³/mol. The average molecular weight is 496 g/mol. The Morgan fingerprint density at radius 2 is 1.97 bits per heavy atom. The fourth-order valence-corrected chi connectivity index (χ4v) is 4.57. The number of anilines is 1. The largest absolute Gasteiger partial charge is 0.416 e. The minimum absolute atomic E-state index is 0.0112. The van der Waals surface area contributed by atoms with E-state index in [2.05, 4.69) is 30.6 Å². The number of benzene rings is 2. The van der Waals surface area contributed by atoms with Gasteiger partial charge in [0.05, 0.1) is 5.56 Å². The number of nitrogens with one attached hydrogen (secondary N) is 1. The summed E-state index contributed by atoms with van der Waals surface area (Å²) in [6, 6.07) is 7.34. The number of carbonyl (C=O) groups is 1. The van der Waals surface area contributed by atoms with Gasteiger partial charge < -0.3 is 10.4 Å². The highest BCUT2D eigenvalue weighted by Gasteiger charge is 2.34. The zero-order valence-electron chi connectivity index (χ0n) is 18.8. The van der Waals surface area contributed by atoms with E-state index in [1.54, 1.807) is 6.08 Å². The quantitative estimate of drug-likeness (QED) is 0.239. The van der Waals surface area contributed by atoms with Gasteiger partial charge in [-0.1, -0.05) is 24.3 Å². The van der Waals surface area contributed by atoms with Crippen LogP contribution in [0.3, 0.4) is 0 Å². The standard InChI is InChI=1S/C22H22F3NO2S2.C3H6/c1-13-7-8-14(11-17(13)22(23,24)25)26-20(27)21(2,28)12-30-19-10-9-18(29)15-5-3-4-6-16(15)19;1-3-2/h4,6-11,28-29H,3,5,12H2,1-2H3,(H,26,27);3H,1H2,2H3. The van der Waals surface area contributed by atoms with Gasteiger partial charge in [0.15, 0.2) is 0 Å². The molecule has 1 amide bonds. The summed E-state index contributed by atoms with van der Waals surface area (Å²) in [4.78, 5) is 14.4. The van der Waals surface area contributed by atoms with E-state index in [0.29, 0.717) is 0 Å². The number of thioether (sulfide) groups is 1. The molecule has 0 heterocycles. The number of alkyl halides is 3. The number of halogens is 3. The number of aryl methyl sites for hydroxylation is 1. The van der Waals surface area contributed by atoms with E-state index >= 15 is 0 Å². The van der Waals surface area contributed by atoms with Gasteiger partial charge in [-0.25, -0.2) is 0 Å². The summed E-state index contributed by atoms with van der Waals surface area (Å²) >= 11 is 5.82. The van der Waals surface area contributed by atoms with Crippen molar-refractivity contribution in [3.63, 3.8) is 0 Å². The first-order chi connectivity index (χ1) is 15.4. The van der Waals surface area contributed by atoms with E-state index in [4.69, 9.17) is 0 Å². The maximum absolute atomic E-state index is 13.1. The van der Waals surface area contributed by atoms with Gasteiger partial charge in [0, 0.05) is 21.2 Å². The van der Waals surface area contributed by atoms with Gasteiger partial charge in [0.2, 0.25) is 0 Å². The van der Waals surface area contributed by atoms with Crippen molar-refractivity contribution in [2.45, 2.75) is 55.2 Å². The lowest BCUT2D eigenvalue weighted by Crippen LogP contribution is -2.42. The number of aliphatic hydroxyl groups is 1. The third-order valence-electron chi connectivity index (χ3n) is 4.94. The number of hydrogen-bond donors (Lipinski definition) is 3. The second-order valence-electron chi connectivity index (χ2n) is 7.87. The highest BCUT2D eigenvalue weighted by Crippen LogP contribution is 2.36. The number of carbonyl (C=O) groups excluding carboxylic acids is 1. The molecular formula is C25H28F3NO2S2. The molecule has 33 heavy (non-hydrogen) atoms. The number of thiol groups is 1. The average Bonchev–Trinajstić information content (AvgIpc) is 2.74. The molecule has 3 nitrogen and oxygen atoms in total. The molecular weight excluding hydrogens is 467 g/mol. The Kier molecular flexibility index (Phi) is 9.29. The molecule has 2 aromatic carbocycles. The van der Waals surface area contributed by atoms with Crippen LogP contribution < -0.4 is 5.32 Å². The van der Waals surface area contributed by atoms with Gasteiger partial charge in [0.25, 0.3) is 5.91 Å². The van der Waals surface area contributed by atoms with E-state index in [9.17, 15) is 23.1 Å². The van der Waals surface area contributed by atoms with Crippen LogP contribution in [0.4, 0.5) is 18.9 Å². The molecule has 3 rings (SSSR count). The highest BCUT2D eigenvalue weighted by atomic mass is 32.2. The molecule has 0 aromatic heterocycles. The summed E-state index contributed by atoms with van der Waals surface area (Å²) in [6.07, 6.45) is 3.13. The van der Waals surface area contributed by atoms with Gasteiger partial charge >= 0.3 is 6.18 Å². The lowest BCUT2D eigenvalue weighted by molar-refractivity contribution is -0.138. The Morgan fingerprint density at radius 1 is 1.30 bits per heavy atom. The first kappa shape index (κ1) is 27.1. The van der Waals surface area contributed by atoms with Crippen molar-refractivity contribution in [3.8, 4) is 0 Å². The van der Waals surface area contributed by atoms with Gasteiger partial charge in [-0.3, -0.25) is 4.79 Å². The minimum atomic E-state index is -4.52. The van der Waals surface area contributed by atoms with Gasteiger partial charge in [-0.2, -0.15) is 13.2 Å². The van der Waals surface area contributed by atoms with E-state index < -0.39 is 23.2 Å². The van der Waals surface area contributed by atoms with Gasteiger partial charge in [-0.05, 0) is 74.6 Å².